The molecule has 1 rings (SSSR count). The summed E-state index contributed by atoms with van der Waals surface area (Å²) in [5.41, 5.74) is 5.60. The molecule has 0 radical (unpaired) electrons. The van der Waals surface area contributed by atoms with Crippen molar-refractivity contribution >= 4 is 0 Å². The molecule has 0 bridgehead atoms. The minimum Gasteiger partial charge on any atom is -0.316 e. The van der Waals surface area contributed by atoms with Crippen molar-refractivity contribution in [2.75, 3.05) is 7.05 Å². The van der Waals surface area contributed by atoms with E-state index in [4.69, 9.17) is 5.73 Å². The van der Waals surface area contributed by atoms with Crippen LogP contribution in [0.15, 0.2) is 0 Å². The van der Waals surface area contributed by atoms with Crippen molar-refractivity contribution in [3.8, 4) is 0 Å². The molecular weight excluding hydrogens is 100 g/mol. The highest BCUT2D eigenvalue weighted by molar-refractivity contribution is 4.76. The molecule has 0 amide bonds. The molecule has 2 heteroatoms. The second-order valence-corrected chi connectivity index (χ2v) is 2.57. The Morgan fingerprint density at radius 3 is 2.75 bits per heavy atom. The van der Waals surface area contributed by atoms with E-state index in [2.05, 4.69) is 5.32 Å². The Morgan fingerprint density at radius 2 is 2.38 bits per heavy atom. The van der Waals surface area contributed by atoms with Gasteiger partial charge in [-0.3, -0.25) is 0 Å². The van der Waals surface area contributed by atoms with Gasteiger partial charge in [0.25, 0.3) is 0 Å². The van der Waals surface area contributed by atoms with Crippen molar-refractivity contribution in [3.63, 3.8) is 0 Å². The summed E-state index contributed by atoms with van der Waals surface area (Å²) in [5, 5.41) is 3.01. The van der Waals surface area contributed by atoms with Crippen molar-refractivity contribution in [2.45, 2.75) is 25.4 Å². The first-order valence-electron chi connectivity index (χ1n) is 3.26. The molecule has 1 atom stereocenters. The van der Waals surface area contributed by atoms with Crippen LogP contribution in [-0.4, -0.2) is 13.2 Å². The first kappa shape index (κ1) is 6.05. The van der Waals surface area contributed by atoms with Gasteiger partial charge >= 0.3 is 0 Å². The standard InChI is InChI=1S/C6H14N2/c1-8-6(7)4-5-2-3-5/h5-6,8H,2-4,7H2,1H3. The van der Waals surface area contributed by atoms with Crippen LogP contribution in [0.3, 0.4) is 0 Å². The average Bonchev–Trinajstić information content (AvgIpc) is 2.50. The van der Waals surface area contributed by atoms with Crippen molar-refractivity contribution in [1.82, 2.24) is 5.32 Å². The van der Waals surface area contributed by atoms with Crippen LogP contribution in [0.1, 0.15) is 19.3 Å². The van der Waals surface area contributed by atoms with E-state index in [-0.39, 0.29) is 6.17 Å². The fourth-order valence-electron chi connectivity index (χ4n) is 0.831. The van der Waals surface area contributed by atoms with Gasteiger partial charge in [0, 0.05) is 0 Å². The van der Waals surface area contributed by atoms with E-state index in [1.54, 1.807) is 0 Å². The minimum absolute atomic E-state index is 0.238. The van der Waals surface area contributed by atoms with Crippen molar-refractivity contribution < 1.29 is 0 Å². The largest absolute Gasteiger partial charge is 0.316 e. The summed E-state index contributed by atoms with van der Waals surface area (Å²) in [6.45, 7) is 0. The lowest BCUT2D eigenvalue weighted by molar-refractivity contribution is 0.509. The molecule has 1 unspecified atom stereocenters. The number of rotatable bonds is 3. The van der Waals surface area contributed by atoms with Crippen molar-refractivity contribution in [1.29, 1.82) is 0 Å². The fourth-order valence-corrected chi connectivity index (χ4v) is 0.831. The summed E-state index contributed by atoms with van der Waals surface area (Å²) < 4.78 is 0. The third kappa shape index (κ3) is 1.80. The zero-order valence-corrected chi connectivity index (χ0v) is 5.35. The molecule has 3 N–H and O–H groups in total. The Balaban J connectivity index is 1.98. The molecule has 1 aliphatic carbocycles. The van der Waals surface area contributed by atoms with Crippen LogP contribution in [0, 0.1) is 5.92 Å². The van der Waals surface area contributed by atoms with Crippen molar-refractivity contribution in [3.05, 3.63) is 0 Å². The average molecular weight is 114 g/mol. The van der Waals surface area contributed by atoms with Gasteiger partial charge in [-0.15, -0.1) is 0 Å². The first-order chi connectivity index (χ1) is 3.83. The molecule has 0 aromatic rings. The fraction of sp³-hybridized carbons (Fsp3) is 1.00. The molecule has 0 spiro atoms. The summed E-state index contributed by atoms with van der Waals surface area (Å²) in [6, 6.07) is 0. The molecule has 1 saturated carbocycles. The maximum atomic E-state index is 5.60. The van der Waals surface area contributed by atoms with E-state index in [0.29, 0.717) is 0 Å². The van der Waals surface area contributed by atoms with E-state index in [1.807, 2.05) is 7.05 Å². The van der Waals surface area contributed by atoms with Crippen LogP contribution in [0.5, 0.6) is 0 Å². The van der Waals surface area contributed by atoms with Gasteiger partial charge < -0.3 is 11.1 Å². The normalized spacial score (nSPS) is 23.2. The number of hydrogen-bond acceptors (Lipinski definition) is 2. The van der Waals surface area contributed by atoms with Crippen LogP contribution in [-0.2, 0) is 0 Å². The van der Waals surface area contributed by atoms with Gasteiger partial charge in [0.15, 0.2) is 0 Å². The molecule has 8 heavy (non-hydrogen) atoms. The van der Waals surface area contributed by atoms with E-state index in [0.717, 1.165) is 12.3 Å². The molecule has 2 nitrogen and oxygen atoms in total. The van der Waals surface area contributed by atoms with Gasteiger partial charge in [0.05, 0.1) is 6.17 Å². The van der Waals surface area contributed by atoms with Crippen LogP contribution < -0.4 is 11.1 Å². The lowest BCUT2D eigenvalue weighted by atomic mass is 10.2. The molecule has 0 aromatic heterocycles. The first-order valence-corrected chi connectivity index (χ1v) is 3.26. The van der Waals surface area contributed by atoms with Crippen LogP contribution >= 0.6 is 0 Å². The zero-order valence-electron chi connectivity index (χ0n) is 5.35. The molecule has 0 aliphatic heterocycles. The molecular formula is C6H14N2. The SMILES string of the molecule is CNC(N)CC1CC1. The van der Waals surface area contributed by atoms with Crippen molar-refractivity contribution in [2.24, 2.45) is 11.7 Å². The van der Waals surface area contributed by atoms with E-state index < -0.39 is 0 Å². The maximum Gasteiger partial charge on any atom is 0.0546 e. The quantitative estimate of drug-likeness (QED) is 0.517. The topological polar surface area (TPSA) is 38.0 Å². The molecule has 0 heterocycles. The van der Waals surface area contributed by atoms with E-state index in [9.17, 15) is 0 Å². The highest BCUT2D eigenvalue weighted by Gasteiger charge is 2.22. The van der Waals surface area contributed by atoms with Gasteiger partial charge in [-0.05, 0) is 19.4 Å². The Labute approximate surface area is 50.4 Å². The van der Waals surface area contributed by atoms with Gasteiger partial charge in [0.2, 0.25) is 0 Å². The minimum atomic E-state index is 0.238. The summed E-state index contributed by atoms with van der Waals surface area (Å²) in [7, 11) is 1.91. The van der Waals surface area contributed by atoms with Gasteiger partial charge in [-0.2, -0.15) is 0 Å². The predicted octanol–water partition coefficient (Wildman–Crippen LogP) is 0.291. The molecule has 1 aliphatic rings. The maximum absolute atomic E-state index is 5.60. The molecule has 1 fully saturated rings. The lowest BCUT2D eigenvalue weighted by Crippen LogP contribution is -2.34. The van der Waals surface area contributed by atoms with Crippen LogP contribution in [0.25, 0.3) is 0 Å². The Bertz CT molecular complexity index is 68.9. The van der Waals surface area contributed by atoms with Gasteiger partial charge in [-0.25, -0.2) is 0 Å². The third-order valence-corrected chi connectivity index (χ3v) is 1.65. The summed E-state index contributed by atoms with van der Waals surface area (Å²) in [4.78, 5) is 0. The monoisotopic (exact) mass is 114 g/mol. The Kier molecular flexibility index (Phi) is 1.86. The smallest absolute Gasteiger partial charge is 0.0546 e. The van der Waals surface area contributed by atoms with Gasteiger partial charge in [0.1, 0.15) is 0 Å². The highest BCUT2D eigenvalue weighted by atomic mass is 15.0. The van der Waals surface area contributed by atoms with Crippen LogP contribution in [0.2, 0.25) is 0 Å². The predicted molar refractivity (Wildman–Crippen MR) is 34.4 cm³/mol. The molecule has 0 saturated heterocycles. The summed E-state index contributed by atoms with van der Waals surface area (Å²) in [5.74, 6) is 0.942. The summed E-state index contributed by atoms with van der Waals surface area (Å²) >= 11 is 0. The number of nitrogens with one attached hydrogen (secondary N) is 1. The zero-order chi connectivity index (χ0) is 5.98. The van der Waals surface area contributed by atoms with Gasteiger partial charge in [-0.1, -0.05) is 12.8 Å². The second-order valence-electron chi connectivity index (χ2n) is 2.57. The molecule has 48 valence electrons. The Morgan fingerprint density at radius 1 is 1.75 bits per heavy atom. The van der Waals surface area contributed by atoms with E-state index >= 15 is 0 Å². The second kappa shape index (κ2) is 2.46. The Hall–Kier alpha value is -0.0800. The lowest BCUT2D eigenvalue weighted by Gasteiger charge is -2.06. The van der Waals surface area contributed by atoms with E-state index in [1.165, 1.54) is 12.8 Å². The highest BCUT2D eigenvalue weighted by Crippen LogP contribution is 2.32. The molecule has 0 aromatic carbocycles. The summed E-state index contributed by atoms with van der Waals surface area (Å²) in [6.07, 6.45) is 4.20. The number of hydrogen-bond donors (Lipinski definition) is 2. The third-order valence-electron chi connectivity index (χ3n) is 1.65. The van der Waals surface area contributed by atoms with Crippen LogP contribution in [0.4, 0.5) is 0 Å². The number of nitrogens with two attached hydrogens (primary N) is 1.